The van der Waals surface area contributed by atoms with Crippen molar-refractivity contribution < 1.29 is 23.1 Å². The Hall–Kier alpha value is -3.24. The number of aromatic nitrogens is 4. The summed E-state index contributed by atoms with van der Waals surface area (Å²) in [6.45, 7) is 6.00. The summed E-state index contributed by atoms with van der Waals surface area (Å²) in [5.74, 6) is 0.764. The topological polar surface area (TPSA) is 150 Å². The number of nitrogens with two attached hydrogens (primary N) is 2. The van der Waals surface area contributed by atoms with Crippen molar-refractivity contribution in [3.8, 4) is 5.75 Å². The van der Waals surface area contributed by atoms with Gasteiger partial charge in [-0.1, -0.05) is 127 Å². The maximum Gasteiger partial charge on any atom is 0.404 e. The van der Waals surface area contributed by atoms with Crippen LogP contribution < -0.4 is 16.0 Å². The molecule has 0 saturated carbocycles. The van der Waals surface area contributed by atoms with Crippen molar-refractivity contribution in [3.05, 3.63) is 48.8 Å². The molecular weight excluding hydrogens is 651 g/mol. The molecule has 2 atom stereocenters. The molecule has 0 aliphatic rings. The van der Waals surface area contributed by atoms with E-state index >= 15 is 0 Å². The monoisotopic (exact) mass is 710 g/mol. The smallest absolute Gasteiger partial charge is 0.404 e. The SMILES string of the molecule is CCCCCCCCCCCCCCCCOCCCOP(=O)(COC(C)Cn1cnc2c(N)nc(N)nc21)Oc1cccc2ccccc12. The third-order valence-corrected chi connectivity index (χ3v) is 10.3. The van der Waals surface area contributed by atoms with Crippen molar-refractivity contribution in [2.75, 3.05) is 37.6 Å². The van der Waals surface area contributed by atoms with Gasteiger partial charge in [0.1, 0.15) is 11.3 Å². The first-order valence-electron chi connectivity index (χ1n) is 18.7. The highest BCUT2D eigenvalue weighted by atomic mass is 31.2. The molecule has 0 amide bonds. The quantitative estimate of drug-likeness (QED) is 0.0452. The van der Waals surface area contributed by atoms with Gasteiger partial charge in [0.05, 0.1) is 25.6 Å². The lowest BCUT2D eigenvalue weighted by atomic mass is 10.0. The molecule has 11 nitrogen and oxygen atoms in total. The summed E-state index contributed by atoms with van der Waals surface area (Å²) in [4.78, 5) is 12.5. The van der Waals surface area contributed by atoms with Gasteiger partial charge in [0, 0.05) is 18.6 Å². The van der Waals surface area contributed by atoms with Crippen molar-refractivity contribution in [3.63, 3.8) is 0 Å². The van der Waals surface area contributed by atoms with Crippen molar-refractivity contribution in [1.29, 1.82) is 0 Å². The maximum atomic E-state index is 14.1. The van der Waals surface area contributed by atoms with Crippen LogP contribution in [0.4, 0.5) is 11.8 Å². The Morgan fingerprint density at radius 1 is 0.780 bits per heavy atom. The average Bonchev–Trinajstić information content (AvgIpc) is 3.51. The number of anilines is 2. The second-order valence-electron chi connectivity index (χ2n) is 13.2. The van der Waals surface area contributed by atoms with Crippen LogP contribution in [0.1, 0.15) is 110 Å². The lowest BCUT2D eigenvalue weighted by Crippen LogP contribution is -2.19. The van der Waals surface area contributed by atoms with Crippen LogP contribution in [0, 0.1) is 0 Å². The van der Waals surface area contributed by atoms with Crippen LogP contribution in [0.3, 0.4) is 0 Å². The third kappa shape index (κ3) is 13.5. The summed E-state index contributed by atoms with van der Waals surface area (Å²) >= 11 is 0. The Balaban J connectivity index is 1.16. The number of hydrogen-bond donors (Lipinski definition) is 2. The van der Waals surface area contributed by atoms with E-state index in [0.717, 1.165) is 23.8 Å². The van der Waals surface area contributed by atoms with Crippen LogP contribution >= 0.6 is 7.60 Å². The number of nitrogen functional groups attached to an aromatic ring is 2. The van der Waals surface area contributed by atoms with Gasteiger partial charge >= 0.3 is 7.60 Å². The van der Waals surface area contributed by atoms with Gasteiger partial charge in [0.2, 0.25) is 5.95 Å². The predicted molar refractivity (Wildman–Crippen MR) is 203 cm³/mol. The van der Waals surface area contributed by atoms with Gasteiger partial charge in [-0.15, -0.1) is 0 Å². The Morgan fingerprint density at radius 3 is 2.14 bits per heavy atom. The van der Waals surface area contributed by atoms with E-state index in [0.29, 0.717) is 36.5 Å². The number of imidazole rings is 1. The molecule has 0 radical (unpaired) electrons. The Kier molecular flexibility index (Phi) is 17.3. The lowest BCUT2D eigenvalue weighted by molar-refractivity contribution is 0.0701. The molecule has 4 rings (SSSR count). The number of ether oxygens (including phenoxy) is 2. The van der Waals surface area contributed by atoms with Gasteiger partial charge in [-0.2, -0.15) is 9.97 Å². The molecule has 4 N–H and O–H groups in total. The third-order valence-electron chi connectivity index (χ3n) is 8.83. The van der Waals surface area contributed by atoms with E-state index in [1.165, 1.54) is 83.5 Å². The van der Waals surface area contributed by atoms with Crippen LogP contribution in [-0.4, -0.2) is 51.8 Å². The van der Waals surface area contributed by atoms with Crippen molar-refractivity contribution in [2.45, 2.75) is 123 Å². The second kappa shape index (κ2) is 21.9. The number of rotatable bonds is 27. The van der Waals surface area contributed by atoms with Gasteiger partial charge in [-0.3, -0.25) is 4.52 Å². The minimum Gasteiger partial charge on any atom is -0.422 e. The van der Waals surface area contributed by atoms with E-state index in [-0.39, 0.29) is 30.8 Å². The molecule has 0 bridgehead atoms. The molecule has 4 aromatic rings. The van der Waals surface area contributed by atoms with E-state index < -0.39 is 7.60 Å². The fraction of sp³-hybridized carbons (Fsp3) is 0.605. The van der Waals surface area contributed by atoms with Gasteiger partial charge < -0.3 is 30.0 Å². The number of fused-ring (bicyclic) bond motifs is 2. The maximum absolute atomic E-state index is 14.1. The van der Waals surface area contributed by atoms with E-state index in [2.05, 4.69) is 21.9 Å². The normalized spacial score (nSPS) is 13.6. The fourth-order valence-electron chi connectivity index (χ4n) is 6.05. The largest absolute Gasteiger partial charge is 0.422 e. The number of nitrogens with zero attached hydrogens (tertiary/aromatic N) is 4. The number of hydrogen-bond acceptors (Lipinski definition) is 10. The lowest BCUT2D eigenvalue weighted by Gasteiger charge is -2.22. The van der Waals surface area contributed by atoms with Gasteiger partial charge in [-0.05, 0) is 31.2 Å². The van der Waals surface area contributed by atoms with Crippen molar-refractivity contribution in [2.24, 2.45) is 0 Å². The summed E-state index contributed by atoms with van der Waals surface area (Å²) in [7, 11) is -3.71. The zero-order valence-corrected chi connectivity index (χ0v) is 31.2. The molecule has 0 fully saturated rings. The second-order valence-corrected chi connectivity index (χ2v) is 15.1. The predicted octanol–water partition coefficient (Wildman–Crippen LogP) is 9.68. The standard InChI is InChI=1S/C38H59N6O5P/c1-3-4-5-6-7-8-9-10-11-12-13-14-15-18-25-46-26-20-27-48-50(45,49-34-24-19-22-32-21-16-17-23-33(32)34)30-47-31(2)28-44-29-41-35-36(39)42-38(40)43-37(35)44/h16-17,19,21-24,29,31H,3-15,18,20,25-28,30H2,1-2H3,(H4,39,40,42,43). The first-order chi connectivity index (χ1) is 24.4. The summed E-state index contributed by atoms with van der Waals surface area (Å²) in [5, 5.41) is 1.83. The fourth-order valence-corrected chi connectivity index (χ4v) is 7.53. The molecule has 276 valence electrons. The zero-order chi connectivity index (χ0) is 35.4. The van der Waals surface area contributed by atoms with E-state index in [1.807, 2.05) is 43.3 Å². The van der Waals surface area contributed by atoms with Crippen LogP contribution in [0.2, 0.25) is 0 Å². The summed E-state index contributed by atoms with van der Waals surface area (Å²) in [6.07, 6.45) is 20.3. The van der Waals surface area contributed by atoms with Gasteiger partial charge in [0.25, 0.3) is 0 Å². The molecule has 2 aromatic heterocycles. The number of benzene rings is 2. The summed E-state index contributed by atoms with van der Waals surface area (Å²) < 4.78 is 39.9. The van der Waals surface area contributed by atoms with Crippen molar-refractivity contribution in [1.82, 2.24) is 19.5 Å². The highest BCUT2D eigenvalue weighted by Gasteiger charge is 2.29. The minimum atomic E-state index is -3.71. The van der Waals surface area contributed by atoms with Crippen LogP contribution in [0.25, 0.3) is 21.9 Å². The first-order valence-corrected chi connectivity index (χ1v) is 20.5. The van der Waals surface area contributed by atoms with Gasteiger partial charge in [-0.25, -0.2) is 9.55 Å². The van der Waals surface area contributed by atoms with E-state index in [4.69, 9.17) is 30.0 Å². The summed E-state index contributed by atoms with van der Waals surface area (Å²) in [6, 6.07) is 13.5. The number of unbranched alkanes of at least 4 members (excludes halogenated alkanes) is 13. The van der Waals surface area contributed by atoms with Crippen LogP contribution in [0.15, 0.2) is 48.8 Å². The van der Waals surface area contributed by atoms with Crippen LogP contribution in [0.5, 0.6) is 5.75 Å². The minimum absolute atomic E-state index is 0.0651. The molecule has 0 spiro atoms. The van der Waals surface area contributed by atoms with E-state index in [1.54, 1.807) is 17.0 Å². The summed E-state index contributed by atoms with van der Waals surface area (Å²) in [5.41, 5.74) is 12.7. The molecule has 2 aromatic carbocycles. The van der Waals surface area contributed by atoms with Gasteiger partial charge in [0.15, 0.2) is 17.8 Å². The Labute approximate surface area is 298 Å². The first kappa shape index (κ1) is 39.5. The molecule has 0 saturated heterocycles. The molecule has 2 heterocycles. The Bertz CT molecular complexity index is 1600. The average molecular weight is 711 g/mol. The molecular formula is C38H59N6O5P. The molecule has 50 heavy (non-hydrogen) atoms. The van der Waals surface area contributed by atoms with Crippen molar-refractivity contribution >= 4 is 41.3 Å². The molecule has 2 unspecified atom stereocenters. The molecule has 0 aliphatic carbocycles. The molecule has 12 heteroatoms. The Morgan fingerprint density at radius 2 is 1.42 bits per heavy atom. The van der Waals surface area contributed by atoms with E-state index in [9.17, 15) is 4.57 Å². The zero-order valence-electron chi connectivity index (χ0n) is 30.3. The highest BCUT2D eigenvalue weighted by molar-refractivity contribution is 7.54. The highest BCUT2D eigenvalue weighted by Crippen LogP contribution is 2.50. The van der Waals surface area contributed by atoms with Crippen LogP contribution in [-0.2, 0) is 25.1 Å². The molecule has 0 aliphatic heterocycles.